The number of aromatic nitrogens is 1. The lowest BCUT2D eigenvalue weighted by molar-refractivity contribution is -0.136. The van der Waals surface area contributed by atoms with Crippen LogP contribution in [0.4, 0.5) is 0 Å². The van der Waals surface area contributed by atoms with E-state index in [1.807, 2.05) is 60.7 Å². The predicted octanol–water partition coefficient (Wildman–Crippen LogP) is 3.17. The maximum absolute atomic E-state index is 13.3. The summed E-state index contributed by atoms with van der Waals surface area (Å²) < 4.78 is 8.07. The normalized spacial score (nSPS) is 16.4. The molecule has 5 nitrogen and oxygen atoms in total. The quantitative estimate of drug-likeness (QED) is 0.554. The third kappa shape index (κ3) is 3.63. The van der Waals surface area contributed by atoms with E-state index in [0.717, 1.165) is 15.6 Å². The maximum Gasteiger partial charge on any atom is 0.338 e. The van der Waals surface area contributed by atoms with E-state index in [-0.39, 0.29) is 5.56 Å². The molecule has 1 aliphatic heterocycles. The number of carbonyl (C=O) groups excluding carboxylic acids is 1. The molecule has 4 rings (SSSR count). The highest BCUT2D eigenvalue weighted by Crippen LogP contribution is 2.31. The van der Waals surface area contributed by atoms with Gasteiger partial charge in [0.1, 0.15) is 0 Å². The van der Waals surface area contributed by atoms with Gasteiger partial charge < -0.3 is 4.74 Å². The summed E-state index contributed by atoms with van der Waals surface area (Å²) >= 11 is 4.75. The number of nitrogens with zero attached hydrogens (tertiary/aromatic N) is 2. The number of rotatable bonds is 3. The highest BCUT2D eigenvalue weighted by molar-refractivity contribution is 9.10. The number of ether oxygens (including phenoxy) is 1. The molecule has 29 heavy (non-hydrogen) atoms. The number of allylic oxidation sites excluding steroid dienone is 1. The van der Waals surface area contributed by atoms with Crippen LogP contribution < -0.4 is 14.9 Å². The van der Waals surface area contributed by atoms with Crippen LogP contribution in [-0.4, -0.2) is 17.6 Å². The second kappa shape index (κ2) is 7.93. The van der Waals surface area contributed by atoms with Gasteiger partial charge in [-0.05, 0) is 36.3 Å². The number of fused-ring (bicyclic) bond motifs is 1. The molecule has 3 aromatic rings. The summed E-state index contributed by atoms with van der Waals surface area (Å²) in [5.74, 6) is -0.489. The van der Waals surface area contributed by atoms with Crippen LogP contribution in [0, 0.1) is 0 Å². The number of thiazole rings is 1. The third-order valence-electron chi connectivity index (χ3n) is 4.71. The average Bonchev–Trinajstić information content (AvgIpc) is 3.02. The summed E-state index contributed by atoms with van der Waals surface area (Å²) in [4.78, 5) is 31.0. The van der Waals surface area contributed by atoms with Crippen molar-refractivity contribution in [2.75, 3.05) is 7.11 Å². The summed E-state index contributed by atoms with van der Waals surface area (Å²) in [6, 6.07) is 16.6. The number of hydrogen-bond donors (Lipinski definition) is 0. The van der Waals surface area contributed by atoms with Crippen molar-refractivity contribution in [2.24, 2.45) is 4.99 Å². The van der Waals surface area contributed by atoms with Crippen LogP contribution in [-0.2, 0) is 9.53 Å². The molecule has 0 aliphatic carbocycles. The molecule has 0 amide bonds. The molecule has 146 valence electrons. The molecule has 7 heteroatoms. The molecule has 2 heterocycles. The highest BCUT2D eigenvalue weighted by Gasteiger charge is 2.32. The summed E-state index contributed by atoms with van der Waals surface area (Å²) in [5.41, 5.74) is 2.49. The number of carbonyl (C=O) groups is 1. The topological polar surface area (TPSA) is 60.7 Å². The SMILES string of the molecule is COC(=O)C1=C(C)N=c2sc(=Cc3ccccc3)c(=O)n2C1c1ccc(Br)cc1. The van der Waals surface area contributed by atoms with Gasteiger partial charge in [0.15, 0.2) is 4.80 Å². The van der Waals surface area contributed by atoms with Crippen molar-refractivity contribution in [3.05, 3.63) is 101 Å². The van der Waals surface area contributed by atoms with Gasteiger partial charge in [0.2, 0.25) is 0 Å². The second-order valence-corrected chi connectivity index (χ2v) is 8.46. The van der Waals surface area contributed by atoms with Crippen LogP contribution in [0.3, 0.4) is 0 Å². The van der Waals surface area contributed by atoms with Gasteiger partial charge >= 0.3 is 5.97 Å². The van der Waals surface area contributed by atoms with Crippen molar-refractivity contribution in [3.63, 3.8) is 0 Å². The van der Waals surface area contributed by atoms with E-state index in [9.17, 15) is 9.59 Å². The van der Waals surface area contributed by atoms with Gasteiger partial charge in [-0.1, -0.05) is 69.7 Å². The van der Waals surface area contributed by atoms with Gasteiger partial charge in [0.05, 0.1) is 29.0 Å². The fourth-order valence-corrected chi connectivity index (χ4v) is 4.66. The minimum Gasteiger partial charge on any atom is -0.466 e. The van der Waals surface area contributed by atoms with E-state index in [4.69, 9.17) is 4.74 Å². The Morgan fingerprint density at radius 2 is 1.86 bits per heavy atom. The zero-order valence-corrected chi connectivity index (χ0v) is 18.2. The molecular formula is C22H17BrN2O3S. The highest BCUT2D eigenvalue weighted by atomic mass is 79.9. The largest absolute Gasteiger partial charge is 0.466 e. The summed E-state index contributed by atoms with van der Waals surface area (Å²) in [6.07, 6.45) is 1.85. The van der Waals surface area contributed by atoms with Crippen molar-refractivity contribution in [3.8, 4) is 0 Å². The number of hydrogen-bond acceptors (Lipinski definition) is 5. The second-order valence-electron chi connectivity index (χ2n) is 6.54. The van der Waals surface area contributed by atoms with E-state index in [1.54, 1.807) is 11.5 Å². The lowest BCUT2D eigenvalue weighted by Crippen LogP contribution is -2.39. The molecular weight excluding hydrogens is 452 g/mol. The first kappa shape index (κ1) is 19.5. The number of methoxy groups -OCH3 is 1. The molecule has 0 spiro atoms. The van der Waals surface area contributed by atoms with Crippen molar-refractivity contribution in [2.45, 2.75) is 13.0 Å². The molecule has 0 saturated carbocycles. The van der Waals surface area contributed by atoms with Gasteiger partial charge in [0, 0.05) is 4.47 Å². The Kier molecular flexibility index (Phi) is 5.34. The zero-order chi connectivity index (χ0) is 20.5. The smallest absolute Gasteiger partial charge is 0.338 e. The first-order valence-corrected chi connectivity index (χ1v) is 10.5. The van der Waals surface area contributed by atoms with E-state index in [0.29, 0.717) is 20.6 Å². The summed E-state index contributed by atoms with van der Waals surface area (Å²) in [5, 5.41) is 0. The fraction of sp³-hybridized carbons (Fsp3) is 0.136. The molecule has 0 fully saturated rings. The minimum atomic E-state index is -0.593. The lowest BCUT2D eigenvalue weighted by Gasteiger charge is -2.24. The Morgan fingerprint density at radius 3 is 2.52 bits per heavy atom. The van der Waals surface area contributed by atoms with Crippen molar-refractivity contribution < 1.29 is 9.53 Å². The molecule has 1 aliphatic rings. The van der Waals surface area contributed by atoms with Crippen LogP contribution in [0.15, 0.2) is 80.1 Å². The Morgan fingerprint density at radius 1 is 1.17 bits per heavy atom. The van der Waals surface area contributed by atoms with Crippen LogP contribution in [0.2, 0.25) is 0 Å². The molecule has 1 atom stereocenters. The first-order chi connectivity index (χ1) is 14.0. The predicted molar refractivity (Wildman–Crippen MR) is 116 cm³/mol. The van der Waals surface area contributed by atoms with Gasteiger partial charge in [-0.2, -0.15) is 0 Å². The van der Waals surface area contributed by atoms with Crippen molar-refractivity contribution in [1.29, 1.82) is 0 Å². The average molecular weight is 469 g/mol. The Balaban J connectivity index is 1.99. The van der Waals surface area contributed by atoms with E-state index in [2.05, 4.69) is 20.9 Å². The van der Waals surface area contributed by atoms with Gasteiger partial charge in [0.25, 0.3) is 5.56 Å². The van der Waals surface area contributed by atoms with Gasteiger partial charge in [-0.3, -0.25) is 9.36 Å². The zero-order valence-electron chi connectivity index (χ0n) is 15.8. The molecule has 2 aromatic carbocycles. The molecule has 0 N–H and O–H groups in total. The van der Waals surface area contributed by atoms with Crippen LogP contribution in [0.25, 0.3) is 6.08 Å². The van der Waals surface area contributed by atoms with Crippen LogP contribution >= 0.6 is 27.3 Å². The standard InChI is InChI=1S/C22H17BrN2O3S/c1-13-18(21(27)28-2)19(15-8-10-16(23)11-9-15)25-20(26)17(29-22(25)24-13)12-14-6-4-3-5-7-14/h3-12,19H,1-2H3. The Hall–Kier alpha value is -2.77. The van der Waals surface area contributed by atoms with Gasteiger partial charge in [-0.25, -0.2) is 9.79 Å². The lowest BCUT2D eigenvalue weighted by atomic mass is 9.96. The summed E-state index contributed by atoms with van der Waals surface area (Å²) in [7, 11) is 1.34. The van der Waals surface area contributed by atoms with Crippen LogP contribution in [0.1, 0.15) is 24.1 Å². The van der Waals surface area contributed by atoms with E-state index >= 15 is 0 Å². The first-order valence-electron chi connectivity index (χ1n) is 8.91. The summed E-state index contributed by atoms with van der Waals surface area (Å²) in [6.45, 7) is 1.77. The molecule has 0 saturated heterocycles. The Bertz CT molecular complexity index is 1290. The van der Waals surface area contributed by atoms with Crippen LogP contribution in [0.5, 0.6) is 0 Å². The molecule has 0 radical (unpaired) electrons. The number of halogens is 1. The van der Waals surface area contributed by atoms with Gasteiger partial charge in [-0.15, -0.1) is 0 Å². The third-order valence-corrected chi connectivity index (χ3v) is 6.22. The fourth-order valence-electron chi connectivity index (χ4n) is 3.35. The van der Waals surface area contributed by atoms with E-state index < -0.39 is 12.0 Å². The van der Waals surface area contributed by atoms with E-state index in [1.165, 1.54) is 18.4 Å². The molecule has 1 unspecified atom stereocenters. The number of benzene rings is 2. The number of esters is 1. The minimum absolute atomic E-state index is 0.181. The van der Waals surface area contributed by atoms with Crippen molar-refractivity contribution in [1.82, 2.24) is 4.57 Å². The Labute approximate surface area is 179 Å². The molecule has 1 aromatic heterocycles. The van der Waals surface area contributed by atoms with Crippen molar-refractivity contribution >= 4 is 39.3 Å². The maximum atomic E-state index is 13.3. The monoisotopic (exact) mass is 468 g/mol. The molecule has 0 bridgehead atoms.